The van der Waals surface area contributed by atoms with E-state index >= 15 is 0 Å². The number of benzene rings is 2. The summed E-state index contributed by atoms with van der Waals surface area (Å²) in [6, 6.07) is 13.2. The lowest BCUT2D eigenvalue weighted by molar-refractivity contribution is 0.0954. The van der Waals surface area contributed by atoms with Crippen molar-refractivity contribution in [2.24, 2.45) is 5.10 Å². The van der Waals surface area contributed by atoms with Gasteiger partial charge < -0.3 is 9.84 Å². The Labute approximate surface area is 128 Å². The molecule has 0 heterocycles. The molecule has 0 saturated carbocycles. The second-order valence-electron chi connectivity index (χ2n) is 4.28. The number of ether oxygens (including phenoxy) is 1. The van der Waals surface area contributed by atoms with Gasteiger partial charge in [0.05, 0.1) is 6.21 Å². The van der Waals surface area contributed by atoms with Crippen LogP contribution >= 0.6 is 0 Å². The Morgan fingerprint density at radius 2 is 2.14 bits per heavy atom. The molecule has 0 radical (unpaired) electrons. The molecular formula is C17H14N2O3. The van der Waals surface area contributed by atoms with Crippen molar-refractivity contribution < 1.29 is 14.6 Å². The quantitative estimate of drug-likeness (QED) is 0.504. The molecule has 0 aliphatic heterocycles. The Kier molecular flexibility index (Phi) is 5.16. The third kappa shape index (κ3) is 4.12. The van der Waals surface area contributed by atoms with Crippen molar-refractivity contribution in [2.45, 2.75) is 0 Å². The Morgan fingerprint density at radius 1 is 1.32 bits per heavy atom. The molecule has 110 valence electrons. The standard InChI is InChI=1S/C17H14N2O3/c1-2-10-22-16-9-4-3-6-14(16)12-18-19-17(21)13-7-5-8-15(20)11-13/h1,3-9,11-12,20H,10H2,(H,19,21)/b18-12-. The van der Waals surface area contributed by atoms with Gasteiger partial charge in [-0.05, 0) is 30.3 Å². The minimum absolute atomic E-state index is 0.0182. The Hall–Kier alpha value is -3.26. The molecule has 0 atom stereocenters. The van der Waals surface area contributed by atoms with Gasteiger partial charge in [0.15, 0.2) is 0 Å². The van der Waals surface area contributed by atoms with E-state index in [1.54, 1.807) is 24.3 Å². The van der Waals surface area contributed by atoms with Crippen LogP contribution in [-0.4, -0.2) is 23.8 Å². The summed E-state index contributed by atoms with van der Waals surface area (Å²) in [5.41, 5.74) is 3.38. The van der Waals surface area contributed by atoms with Gasteiger partial charge in [0.25, 0.3) is 5.91 Å². The minimum atomic E-state index is -0.422. The van der Waals surface area contributed by atoms with Crippen molar-refractivity contribution in [3.05, 3.63) is 59.7 Å². The number of para-hydroxylation sites is 1. The first kappa shape index (κ1) is 15.1. The molecule has 22 heavy (non-hydrogen) atoms. The summed E-state index contributed by atoms with van der Waals surface area (Å²) in [5, 5.41) is 13.2. The van der Waals surface area contributed by atoms with E-state index in [0.29, 0.717) is 16.9 Å². The average Bonchev–Trinajstić information content (AvgIpc) is 2.54. The maximum absolute atomic E-state index is 11.9. The van der Waals surface area contributed by atoms with Crippen LogP contribution in [-0.2, 0) is 0 Å². The van der Waals surface area contributed by atoms with E-state index in [4.69, 9.17) is 11.2 Å². The van der Waals surface area contributed by atoms with Gasteiger partial charge >= 0.3 is 0 Å². The van der Waals surface area contributed by atoms with Crippen LogP contribution in [0.15, 0.2) is 53.6 Å². The van der Waals surface area contributed by atoms with E-state index in [2.05, 4.69) is 16.4 Å². The number of carbonyl (C=O) groups excluding carboxylic acids is 1. The molecule has 0 aliphatic carbocycles. The zero-order valence-electron chi connectivity index (χ0n) is 11.7. The lowest BCUT2D eigenvalue weighted by atomic mass is 10.2. The largest absolute Gasteiger partial charge is 0.508 e. The highest BCUT2D eigenvalue weighted by Crippen LogP contribution is 2.15. The maximum atomic E-state index is 11.9. The van der Waals surface area contributed by atoms with E-state index in [9.17, 15) is 9.90 Å². The normalized spacial score (nSPS) is 10.1. The number of nitrogens with zero attached hydrogens (tertiary/aromatic N) is 1. The summed E-state index contributed by atoms with van der Waals surface area (Å²) in [6.45, 7) is 0.153. The summed E-state index contributed by atoms with van der Waals surface area (Å²) in [4.78, 5) is 11.9. The number of phenolic OH excluding ortho intramolecular Hbond substituents is 1. The van der Waals surface area contributed by atoms with Crippen molar-refractivity contribution >= 4 is 12.1 Å². The van der Waals surface area contributed by atoms with Gasteiger partial charge in [0.2, 0.25) is 0 Å². The van der Waals surface area contributed by atoms with Crippen molar-refractivity contribution in [1.29, 1.82) is 0 Å². The van der Waals surface area contributed by atoms with E-state index in [1.165, 1.54) is 18.3 Å². The highest BCUT2D eigenvalue weighted by molar-refractivity contribution is 5.95. The van der Waals surface area contributed by atoms with Crippen LogP contribution in [0.25, 0.3) is 0 Å². The van der Waals surface area contributed by atoms with Gasteiger partial charge in [-0.25, -0.2) is 5.43 Å². The van der Waals surface area contributed by atoms with Gasteiger partial charge in [-0.1, -0.05) is 24.1 Å². The Morgan fingerprint density at radius 3 is 2.91 bits per heavy atom. The van der Waals surface area contributed by atoms with Gasteiger partial charge in [-0.3, -0.25) is 4.79 Å². The fourth-order valence-corrected chi connectivity index (χ4v) is 1.71. The Balaban J connectivity index is 2.04. The first-order valence-corrected chi connectivity index (χ1v) is 6.48. The molecule has 2 rings (SSSR count). The summed E-state index contributed by atoms with van der Waals surface area (Å²) < 4.78 is 5.37. The van der Waals surface area contributed by atoms with Crippen molar-refractivity contribution in [1.82, 2.24) is 5.43 Å². The number of terminal acetylenes is 1. The molecule has 0 saturated heterocycles. The van der Waals surface area contributed by atoms with Gasteiger partial charge in [-0.2, -0.15) is 5.10 Å². The van der Waals surface area contributed by atoms with Crippen LogP contribution in [0, 0.1) is 12.3 Å². The summed E-state index contributed by atoms with van der Waals surface area (Å²) in [5.74, 6) is 2.56. The van der Waals surface area contributed by atoms with Crippen LogP contribution in [0.2, 0.25) is 0 Å². The van der Waals surface area contributed by atoms with Crippen molar-refractivity contribution in [3.8, 4) is 23.8 Å². The second-order valence-corrected chi connectivity index (χ2v) is 4.28. The van der Waals surface area contributed by atoms with E-state index in [0.717, 1.165) is 0 Å². The van der Waals surface area contributed by atoms with Gasteiger partial charge in [-0.15, -0.1) is 6.42 Å². The minimum Gasteiger partial charge on any atom is -0.508 e. The molecule has 2 aromatic carbocycles. The van der Waals surface area contributed by atoms with Crippen LogP contribution in [0.3, 0.4) is 0 Å². The van der Waals surface area contributed by atoms with E-state index in [-0.39, 0.29) is 12.4 Å². The predicted molar refractivity (Wildman–Crippen MR) is 83.9 cm³/mol. The summed E-state index contributed by atoms with van der Waals surface area (Å²) in [6.07, 6.45) is 6.62. The number of amides is 1. The van der Waals surface area contributed by atoms with Crippen LogP contribution in [0.1, 0.15) is 15.9 Å². The van der Waals surface area contributed by atoms with Crippen molar-refractivity contribution in [3.63, 3.8) is 0 Å². The third-order valence-corrected chi connectivity index (χ3v) is 2.71. The molecule has 0 aliphatic rings. The van der Waals surface area contributed by atoms with Gasteiger partial charge in [0.1, 0.15) is 18.1 Å². The molecule has 0 aromatic heterocycles. The number of hydrogen-bond acceptors (Lipinski definition) is 4. The molecule has 0 unspecified atom stereocenters. The zero-order valence-corrected chi connectivity index (χ0v) is 11.7. The highest BCUT2D eigenvalue weighted by Gasteiger charge is 2.04. The number of rotatable bonds is 5. The molecule has 0 spiro atoms. The molecule has 1 amide bonds. The smallest absolute Gasteiger partial charge is 0.271 e. The lowest BCUT2D eigenvalue weighted by Gasteiger charge is -2.05. The van der Waals surface area contributed by atoms with Gasteiger partial charge in [0, 0.05) is 11.1 Å². The number of hydrogen-bond donors (Lipinski definition) is 2. The fraction of sp³-hybridized carbons (Fsp3) is 0.0588. The molecule has 5 nitrogen and oxygen atoms in total. The monoisotopic (exact) mass is 294 g/mol. The van der Waals surface area contributed by atoms with Crippen LogP contribution in [0.5, 0.6) is 11.5 Å². The number of nitrogens with one attached hydrogen (secondary N) is 1. The lowest BCUT2D eigenvalue weighted by Crippen LogP contribution is -2.17. The molecular weight excluding hydrogens is 280 g/mol. The van der Waals surface area contributed by atoms with Crippen LogP contribution < -0.4 is 10.2 Å². The maximum Gasteiger partial charge on any atom is 0.271 e. The zero-order chi connectivity index (χ0) is 15.8. The van der Waals surface area contributed by atoms with Crippen molar-refractivity contribution in [2.75, 3.05) is 6.61 Å². The number of phenols is 1. The molecule has 0 bridgehead atoms. The Bertz CT molecular complexity index is 733. The molecule has 2 aromatic rings. The number of hydrazone groups is 1. The second kappa shape index (κ2) is 7.50. The number of aromatic hydroxyl groups is 1. The third-order valence-electron chi connectivity index (χ3n) is 2.71. The molecule has 5 heteroatoms. The van der Waals surface area contributed by atoms with E-state index in [1.807, 2.05) is 12.1 Å². The first-order valence-electron chi connectivity index (χ1n) is 6.48. The summed E-state index contributed by atoms with van der Waals surface area (Å²) >= 11 is 0. The molecule has 0 fully saturated rings. The molecule has 2 N–H and O–H groups in total. The average molecular weight is 294 g/mol. The number of carbonyl (C=O) groups is 1. The van der Waals surface area contributed by atoms with E-state index < -0.39 is 5.91 Å². The first-order chi connectivity index (χ1) is 10.7. The highest BCUT2D eigenvalue weighted by atomic mass is 16.5. The fourth-order valence-electron chi connectivity index (χ4n) is 1.71. The van der Waals surface area contributed by atoms with Crippen LogP contribution in [0.4, 0.5) is 0 Å². The summed E-state index contributed by atoms with van der Waals surface area (Å²) in [7, 11) is 0. The predicted octanol–water partition coefficient (Wildman–Crippen LogP) is 2.17. The topological polar surface area (TPSA) is 70.9 Å². The SMILES string of the molecule is C#CCOc1ccccc1/C=N\NC(=O)c1cccc(O)c1.